The number of aromatic nitrogens is 4. The summed E-state index contributed by atoms with van der Waals surface area (Å²) in [6, 6.07) is 1.98. The molecule has 24 heavy (non-hydrogen) atoms. The number of carbonyl (C=O) groups is 1. The van der Waals surface area contributed by atoms with Crippen LogP contribution < -0.4 is 0 Å². The molecule has 3 rings (SSSR count). The van der Waals surface area contributed by atoms with Crippen molar-refractivity contribution in [2.24, 2.45) is 5.92 Å². The van der Waals surface area contributed by atoms with E-state index in [4.69, 9.17) is 0 Å². The summed E-state index contributed by atoms with van der Waals surface area (Å²) in [5.41, 5.74) is 2.87. The zero-order valence-electron chi connectivity index (χ0n) is 14.5. The molecule has 3 heterocycles. The van der Waals surface area contributed by atoms with E-state index in [0.717, 1.165) is 62.4 Å². The molecule has 0 bridgehead atoms. The van der Waals surface area contributed by atoms with E-state index < -0.39 is 0 Å². The maximum atomic E-state index is 11.5. The first-order valence-electron chi connectivity index (χ1n) is 8.76. The van der Waals surface area contributed by atoms with Crippen LogP contribution in [-0.4, -0.2) is 43.6 Å². The van der Waals surface area contributed by atoms with Crippen molar-refractivity contribution in [2.75, 3.05) is 13.1 Å². The summed E-state index contributed by atoms with van der Waals surface area (Å²) < 4.78 is 1.97. The molecule has 6 heteroatoms. The van der Waals surface area contributed by atoms with Gasteiger partial charge in [-0.2, -0.15) is 5.10 Å². The van der Waals surface area contributed by atoms with Crippen molar-refractivity contribution in [3.8, 4) is 11.4 Å². The van der Waals surface area contributed by atoms with Gasteiger partial charge in [-0.3, -0.25) is 19.4 Å². The molecule has 1 amide bonds. The molecule has 0 saturated carbocycles. The number of carbonyl (C=O) groups excluding carboxylic acids is 1. The first-order chi connectivity index (χ1) is 11.7. The lowest BCUT2D eigenvalue weighted by Gasteiger charge is -2.31. The number of hydrogen-bond donors (Lipinski definition) is 0. The molecule has 1 atom stereocenters. The second-order valence-electron chi connectivity index (χ2n) is 6.51. The monoisotopic (exact) mass is 327 g/mol. The molecular formula is C18H25N5O. The van der Waals surface area contributed by atoms with E-state index in [-0.39, 0.29) is 5.91 Å². The van der Waals surface area contributed by atoms with E-state index in [0.29, 0.717) is 5.92 Å². The quantitative estimate of drug-likeness (QED) is 0.846. The Morgan fingerprint density at radius 2 is 2.21 bits per heavy atom. The predicted molar refractivity (Wildman–Crippen MR) is 92.2 cm³/mol. The van der Waals surface area contributed by atoms with Gasteiger partial charge in [0, 0.05) is 39.0 Å². The number of nitrogens with zero attached hydrogens (tertiary/aromatic N) is 5. The van der Waals surface area contributed by atoms with Gasteiger partial charge in [0.1, 0.15) is 5.69 Å². The van der Waals surface area contributed by atoms with Gasteiger partial charge < -0.3 is 4.90 Å². The number of piperidine rings is 1. The lowest BCUT2D eigenvalue weighted by atomic mass is 9.93. The van der Waals surface area contributed by atoms with Crippen LogP contribution in [0.15, 0.2) is 24.7 Å². The Hall–Kier alpha value is -2.24. The molecule has 1 saturated heterocycles. The maximum Gasteiger partial charge on any atom is 0.219 e. The summed E-state index contributed by atoms with van der Waals surface area (Å²) in [5.74, 6) is 0.652. The lowest BCUT2D eigenvalue weighted by molar-refractivity contribution is -0.130. The summed E-state index contributed by atoms with van der Waals surface area (Å²) in [6.07, 6.45) is 9.65. The molecule has 1 aliphatic rings. The van der Waals surface area contributed by atoms with E-state index in [1.54, 1.807) is 13.1 Å². The van der Waals surface area contributed by atoms with Gasteiger partial charge in [-0.15, -0.1) is 0 Å². The Labute approximate surface area is 142 Å². The number of aryl methyl sites for hydroxylation is 1. The van der Waals surface area contributed by atoms with Crippen LogP contribution in [0.3, 0.4) is 0 Å². The van der Waals surface area contributed by atoms with Crippen molar-refractivity contribution in [2.45, 2.75) is 46.1 Å². The van der Waals surface area contributed by atoms with Crippen molar-refractivity contribution in [1.29, 1.82) is 0 Å². The van der Waals surface area contributed by atoms with Gasteiger partial charge in [0.25, 0.3) is 0 Å². The Kier molecular flexibility index (Phi) is 5.23. The average molecular weight is 327 g/mol. The molecule has 2 aromatic rings. The van der Waals surface area contributed by atoms with Gasteiger partial charge in [-0.1, -0.05) is 6.92 Å². The van der Waals surface area contributed by atoms with Crippen LogP contribution in [0, 0.1) is 5.92 Å². The SMILES string of the molecule is CCCn1nccc1-c1cnc(C[C@H]2CCCN(C(C)=O)C2)cn1. The van der Waals surface area contributed by atoms with E-state index >= 15 is 0 Å². The smallest absolute Gasteiger partial charge is 0.219 e. The minimum atomic E-state index is 0.172. The van der Waals surface area contributed by atoms with Crippen molar-refractivity contribution in [3.05, 3.63) is 30.4 Å². The summed E-state index contributed by atoms with van der Waals surface area (Å²) >= 11 is 0. The van der Waals surface area contributed by atoms with Gasteiger partial charge >= 0.3 is 0 Å². The molecule has 128 valence electrons. The fraction of sp³-hybridized carbons (Fsp3) is 0.556. The molecule has 0 N–H and O–H groups in total. The zero-order valence-corrected chi connectivity index (χ0v) is 14.5. The van der Waals surface area contributed by atoms with E-state index in [1.165, 1.54) is 0 Å². The van der Waals surface area contributed by atoms with E-state index in [1.807, 2.05) is 28.0 Å². The van der Waals surface area contributed by atoms with Gasteiger partial charge in [0.2, 0.25) is 5.91 Å². The van der Waals surface area contributed by atoms with E-state index in [2.05, 4.69) is 22.0 Å². The summed E-state index contributed by atoms with van der Waals surface area (Å²) in [5, 5.41) is 4.33. The van der Waals surface area contributed by atoms with Crippen LogP contribution in [0.4, 0.5) is 0 Å². The minimum absolute atomic E-state index is 0.172. The van der Waals surface area contributed by atoms with Crippen LogP contribution in [0.1, 0.15) is 38.8 Å². The molecule has 0 spiro atoms. The third-order valence-electron chi connectivity index (χ3n) is 4.58. The highest BCUT2D eigenvalue weighted by Crippen LogP contribution is 2.21. The Morgan fingerprint density at radius 3 is 2.92 bits per heavy atom. The largest absolute Gasteiger partial charge is 0.343 e. The maximum absolute atomic E-state index is 11.5. The number of rotatable bonds is 5. The number of hydrogen-bond acceptors (Lipinski definition) is 4. The third-order valence-corrected chi connectivity index (χ3v) is 4.58. The standard InChI is InChI=1S/C18H25N5O/c1-3-8-23-18(6-7-21-23)17-12-19-16(11-20-17)10-15-5-4-9-22(13-15)14(2)24/h6-7,11-12,15H,3-5,8-10,13H2,1-2H3/t15-/m1/s1. The third kappa shape index (κ3) is 3.80. The highest BCUT2D eigenvalue weighted by molar-refractivity contribution is 5.73. The van der Waals surface area contributed by atoms with E-state index in [9.17, 15) is 4.79 Å². The van der Waals surface area contributed by atoms with Crippen molar-refractivity contribution >= 4 is 5.91 Å². The predicted octanol–water partition coefficient (Wildman–Crippen LogP) is 2.55. The summed E-state index contributed by atoms with van der Waals surface area (Å²) in [6.45, 7) is 6.39. The molecule has 2 aromatic heterocycles. The van der Waals surface area contributed by atoms with Crippen molar-refractivity contribution in [1.82, 2.24) is 24.6 Å². The highest BCUT2D eigenvalue weighted by Gasteiger charge is 2.22. The van der Waals surface area contributed by atoms with Crippen LogP contribution in [-0.2, 0) is 17.8 Å². The molecule has 0 unspecified atom stereocenters. The fourth-order valence-electron chi connectivity index (χ4n) is 3.35. The van der Waals surface area contributed by atoms with Gasteiger partial charge in [-0.05, 0) is 37.7 Å². The van der Waals surface area contributed by atoms with Crippen LogP contribution >= 0.6 is 0 Å². The second kappa shape index (κ2) is 7.55. The molecule has 1 fully saturated rings. The Morgan fingerprint density at radius 1 is 1.33 bits per heavy atom. The number of likely N-dealkylation sites (tertiary alicyclic amines) is 1. The Balaban J connectivity index is 1.66. The molecule has 1 aliphatic heterocycles. The fourth-order valence-corrected chi connectivity index (χ4v) is 3.35. The first-order valence-corrected chi connectivity index (χ1v) is 8.76. The van der Waals surface area contributed by atoms with Crippen molar-refractivity contribution < 1.29 is 4.79 Å². The molecule has 6 nitrogen and oxygen atoms in total. The van der Waals surface area contributed by atoms with Gasteiger partial charge in [0.15, 0.2) is 0 Å². The topological polar surface area (TPSA) is 63.9 Å². The molecule has 0 radical (unpaired) electrons. The summed E-state index contributed by atoms with van der Waals surface area (Å²) in [4.78, 5) is 22.7. The molecule has 0 aliphatic carbocycles. The van der Waals surface area contributed by atoms with Crippen LogP contribution in [0.5, 0.6) is 0 Å². The van der Waals surface area contributed by atoms with Crippen LogP contribution in [0.2, 0.25) is 0 Å². The van der Waals surface area contributed by atoms with Crippen molar-refractivity contribution in [3.63, 3.8) is 0 Å². The second-order valence-corrected chi connectivity index (χ2v) is 6.51. The minimum Gasteiger partial charge on any atom is -0.343 e. The number of amides is 1. The highest BCUT2D eigenvalue weighted by atomic mass is 16.2. The van der Waals surface area contributed by atoms with Crippen LogP contribution in [0.25, 0.3) is 11.4 Å². The zero-order chi connectivity index (χ0) is 16.9. The Bertz CT molecular complexity index is 679. The normalized spacial score (nSPS) is 17.9. The van der Waals surface area contributed by atoms with Gasteiger partial charge in [0.05, 0.1) is 17.6 Å². The average Bonchev–Trinajstić information content (AvgIpc) is 3.04. The van der Waals surface area contributed by atoms with Gasteiger partial charge in [-0.25, -0.2) is 0 Å². The molecular weight excluding hydrogens is 302 g/mol. The lowest BCUT2D eigenvalue weighted by Crippen LogP contribution is -2.39. The molecule has 0 aromatic carbocycles. The summed E-state index contributed by atoms with van der Waals surface area (Å²) in [7, 11) is 0. The first kappa shape index (κ1) is 16.6.